The van der Waals surface area contributed by atoms with Crippen molar-refractivity contribution in [2.45, 2.75) is 13.0 Å². The standard InChI is InChI=1S/C18H21NO4.C3H8N2O/c1-20-15-8-7-12(9-14(15)19)5-6-13-10-16(21-2)18(23-4)17(11-13)22-3;1-2(4)3(5)6/h5-11H,19H2,1-4H3;2H,4H2,1H3,(H2,5,6)/b6-5-;/t;2-/m.1/s1. The Morgan fingerprint density at radius 1 is 0.862 bits per heavy atom. The van der Waals surface area contributed by atoms with Crippen LogP contribution in [0.25, 0.3) is 12.2 Å². The number of hydrogen-bond acceptors (Lipinski definition) is 7. The molecule has 0 saturated heterocycles. The van der Waals surface area contributed by atoms with E-state index >= 15 is 0 Å². The first-order valence-electron chi connectivity index (χ1n) is 8.73. The van der Waals surface area contributed by atoms with E-state index in [9.17, 15) is 4.79 Å². The molecule has 0 aliphatic rings. The van der Waals surface area contributed by atoms with Crippen LogP contribution < -0.4 is 36.1 Å². The molecule has 1 atom stereocenters. The maximum absolute atomic E-state index is 9.80. The van der Waals surface area contributed by atoms with Crippen molar-refractivity contribution in [1.82, 2.24) is 0 Å². The van der Waals surface area contributed by atoms with Crippen molar-refractivity contribution in [1.29, 1.82) is 0 Å². The summed E-state index contributed by atoms with van der Waals surface area (Å²) < 4.78 is 21.2. The predicted molar refractivity (Wildman–Crippen MR) is 115 cm³/mol. The first kappa shape index (κ1) is 23.6. The number of nitrogens with two attached hydrogens (primary N) is 3. The highest BCUT2D eigenvalue weighted by atomic mass is 16.5. The van der Waals surface area contributed by atoms with Gasteiger partial charge in [-0.05, 0) is 42.3 Å². The van der Waals surface area contributed by atoms with Gasteiger partial charge < -0.3 is 36.1 Å². The number of primary amides is 1. The number of nitrogen functional groups attached to an aromatic ring is 1. The fourth-order valence-electron chi connectivity index (χ4n) is 2.25. The lowest BCUT2D eigenvalue weighted by atomic mass is 10.1. The summed E-state index contributed by atoms with van der Waals surface area (Å²) in [6.45, 7) is 1.54. The van der Waals surface area contributed by atoms with Gasteiger partial charge in [-0.15, -0.1) is 0 Å². The summed E-state index contributed by atoms with van der Waals surface area (Å²) in [6, 6.07) is 8.88. The van der Waals surface area contributed by atoms with E-state index in [-0.39, 0.29) is 0 Å². The Hall–Kier alpha value is -3.39. The van der Waals surface area contributed by atoms with Crippen molar-refractivity contribution >= 4 is 23.7 Å². The van der Waals surface area contributed by atoms with E-state index in [4.69, 9.17) is 30.4 Å². The second-order valence-corrected chi connectivity index (χ2v) is 5.98. The first-order chi connectivity index (χ1) is 13.8. The first-order valence-corrected chi connectivity index (χ1v) is 8.73. The summed E-state index contributed by atoms with van der Waals surface area (Å²) >= 11 is 0. The molecule has 0 spiro atoms. The molecule has 0 saturated carbocycles. The number of amides is 1. The van der Waals surface area contributed by atoms with Gasteiger partial charge in [0.2, 0.25) is 11.7 Å². The Morgan fingerprint density at radius 3 is 1.72 bits per heavy atom. The molecule has 29 heavy (non-hydrogen) atoms. The van der Waals surface area contributed by atoms with E-state index in [0.717, 1.165) is 11.1 Å². The van der Waals surface area contributed by atoms with Gasteiger partial charge in [-0.3, -0.25) is 4.79 Å². The van der Waals surface area contributed by atoms with E-state index in [1.807, 2.05) is 42.5 Å². The van der Waals surface area contributed by atoms with Gasteiger partial charge >= 0.3 is 0 Å². The average Bonchev–Trinajstić information content (AvgIpc) is 2.71. The molecular weight excluding hydrogens is 374 g/mol. The number of rotatable bonds is 7. The van der Waals surface area contributed by atoms with Crippen molar-refractivity contribution in [3.05, 3.63) is 41.5 Å². The van der Waals surface area contributed by atoms with Crippen LogP contribution in [0.5, 0.6) is 23.0 Å². The Labute approximate surface area is 171 Å². The molecule has 0 aliphatic carbocycles. The van der Waals surface area contributed by atoms with Gasteiger partial charge in [-0.25, -0.2) is 0 Å². The van der Waals surface area contributed by atoms with Crippen LogP contribution in [0.3, 0.4) is 0 Å². The third-order valence-corrected chi connectivity index (χ3v) is 3.86. The van der Waals surface area contributed by atoms with Crippen molar-refractivity contribution in [2.24, 2.45) is 11.5 Å². The van der Waals surface area contributed by atoms with Crippen molar-refractivity contribution < 1.29 is 23.7 Å². The normalized spacial score (nSPS) is 11.2. The molecule has 0 unspecified atom stereocenters. The van der Waals surface area contributed by atoms with Gasteiger partial charge in [-0.2, -0.15) is 0 Å². The van der Waals surface area contributed by atoms with Crippen LogP contribution in [0.1, 0.15) is 18.1 Å². The highest BCUT2D eigenvalue weighted by Gasteiger charge is 2.12. The molecule has 1 amide bonds. The molecule has 0 heterocycles. The number of anilines is 1. The van der Waals surface area contributed by atoms with Crippen LogP contribution in [-0.2, 0) is 4.79 Å². The summed E-state index contributed by atoms with van der Waals surface area (Å²) in [4.78, 5) is 9.80. The molecule has 0 bridgehead atoms. The molecule has 8 nitrogen and oxygen atoms in total. The zero-order chi connectivity index (χ0) is 22.0. The number of benzene rings is 2. The second kappa shape index (κ2) is 11.5. The summed E-state index contributed by atoms with van der Waals surface area (Å²) in [5.74, 6) is 1.99. The smallest absolute Gasteiger partial charge is 0.234 e. The van der Waals surface area contributed by atoms with E-state index in [1.165, 1.54) is 0 Å². The molecular formula is C21H29N3O5. The van der Waals surface area contributed by atoms with Gasteiger partial charge in [0.05, 0.1) is 40.2 Å². The van der Waals surface area contributed by atoms with Gasteiger partial charge in [0.15, 0.2) is 11.5 Å². The fraction of sp³-hybridized carbons (Fsp3) is 0.286. The Kier molecular flexibility index (Phi) is 9.34. The van der Waals surface area contributed by atoms with E-state index in [1.54, 1.807) is 35.4 Å². The predicted octanol–water partition coefficient (Wildman–Crippen LogP) is 2.29. The minimum absolute atomic E-state index is 0.463. The van der Waals surface area contributed by atoms with Crippen molar-refractivity contribution in [3.63, 3.8) is 0 Å². The average molecular weight is 403 g/mol. The Bertz CT molecular complexity index is 825. The molecule has 2 rings (SSSR count). The molecule has 6 N–H and O–H groups in total. The third kappa shape index (κ3) is 6.93. The Balaban J connectivity index is 0.000000612. The van der Waals surface area contributed by atoms with Crippen LogP contribution in [0.15, 0.2) is 30.3 Å². The summed E-state index contributed by atoms with van der Waals surface area (Å²) in [5.41, 5.74) is 18.0. The zero-order valence-corrected chi connectivity index (χ0v) is 17.4. The number of hydrogen-bond donors (Lipinski definition) is 3. The SMILES string of the molecule is COc1ccc(/C=C\c2cc(OC)c(OC)c(OC)c2)cc1N.C[C@@H](N)C(N)=O. The molecule has 0 radical (unpaired) electrons. The third-order valence-electron chi connectivity index (χ3n) is 3.86. The summed E-state index contributed by atoms with van der Waals surface area (Å²) in [5, 5.41) is 0. The number of methoxy groups -OCH3 is 4. The largest absolute Gasteiger partial charge is 0.495 e. The molecule has 2 aromatic rings. The fourth-order valence-corrected chi connectivity index (χ4v) is 2.25. The van der Waals surface area contributed by atoms with E-state index < -0.39 is 11.9 Å². The van der Waals surface area contributed by atoms with Crippen LogP contribution in [0.2, 0.25) is 0 Å². The summed E-state index contributed by atoms with van der Waals surface area (Å²) in [7, 11) is 6.36. The van der Waals surface area contributed by atoms with Crippen LogP contribution in [-0.4, -0.2) is 40.4 Å². The molecule has 0 aliphatic heterocycles. The van der Waals surface area contributed by atoms with Gasteiger partial charge in [0.1, 0.15) is 5.75 Å². The van der Waals surface area contributed by atoms with E-state index in [0.29, 0.717) is 28.7 Å². The number of carbonyl (C=O) groups is 1. The maximum atomic E-state index is 9.80. The quantitative estimate of drug-likeness (QED) is 0.477. The number of ether oxygens (including phenoxy) is 4. The minimum atomic E-state index is -0.509. The maximum Gasteiger partial charge on any atom is 0.234 e. The molecule has 0 aromatic heterocycles. The zero-order valence-electron chi connectivity index (χ0n) is 17.4. The van der Waals surface area contributed by atoms with Crippen molar-refractivity contribution in [3.8, 4) is 23.0 Å². The van der Waals surface area contributed by atoms with E-state index in [2.05, 4.69) is 5.73 Å². The lowest BCUT2D eigenvalue weighted by Crippen LogP contribution is -2.32. The van der Waals surface area contributed by atoms with Crippen LogP contribution in [0.4, 0.5) is 5.69 Å². The van der Waals surface area contributed by atoms with Gasteiger partial charge in [-0.1, -0.05) is 18.2 Å². The second-order valence-electron chi connectivity index (χ2n) is 5.98. The van der Waals surface area contributed by atoms with Crippen LogP contribution >= 0.6 is 0 Å². The highest BCUT2D eigenvalue weighted by Crippen LogP contribution is 2.38. The highest BCUT2D eigenvalue weighted by molar-refractivity contribution is 5.79. The molecule has 2 aromatic carbocycles. The lowest BCUT2D eigenvalue weighted by Gasteiger charge is -2.12. The lowest BCUT2D eigenvalue weighted by molar-refractivity contribution is -0.118. The Morgan fingerprint density at radius 2 is 1.34 bits per heavy atom. The number of carbonyl (C=O) groups excluding carboxylic acids is 1. The summed E-state index contributed by atoms with van der Waals surface area (Å²) in [6.07, 6.45) is 3.90. The van der Waals surface area contributed by atoms with Crippen molar-refractivity contribution in [2.75, 3.05) is 34.2 Å². The molecule has 158 valence electrons. The minimum Gasteiger partial charge on any atom is -0.495 e. The molecule has 0 fully saturated rings. The van der Waals surface area contributed by atoms with Gasteiger partial charge in [0, 0.05) is 0 Å². The van der Waals surface area contributed by atoms with Gasteiger partial charge in [0.25, 0.3) is 0 Å². The van der Waals surface area contributed by atoms with Crippen LogP contribution in [0, 0.1) is 0 Å². The molecule has 8 heteroatoms. The topological polar surface area (TPSA) is 132 Å². The monoisotopic (exact) mass is 403 g/mol.